The van der Waals surface area contributed by atoms with Crippen LogP contribution < -0.4 is 10.6 Å². The minimum absolute atomic E-state index is 0.346. The Balaban J connectivity index is 1.77. The van der Waals surface area contributed by atoms with E-state index in [9.17, 15) is 14.4 Å². The molecule has 1 aromatic heterocycles. The lowest BCUT2D eigenvalue weighted by Crippen LogP contribution is -2.42. The molecule has 24 heavy (non-hydrogen) atoms. The summed E-state index contributed by atoms with van der Waals surface area (Å²) in [6, 6.07) is 10.5. The summed E-state index contributed by atoms with van der Waals surface area (Å²) >= 11 is 6.86. The van der Waals surface area contributed by atoms with Crippen molar-refractivity contribution in [2.75, 3.05) is 11.9 Å². The van der Waals surface area contributed by atoms with E-state index in [0.717, 1.165) is 11.3 Å². The topological polar surface area (TPSA) is 84.5 Å². The van der Waals surface area contributed by atoms with E-state index in [0.29, 0.717) is 14.9 Å². The average Bonchev–Trinajstić information content (AvgIpc) is 2.99. The van der Waals surface area contributed by atoms with Gasteiger partial charge in [0.15, 0.2) is 6.61 Å². The summed E-state index contributed by atoms with van der Waals surface area (Å²) in [5.41, 5.74) is 0.598. The van der Waals surface area contributed by atoms with Crippen molar-refractivity contribution in [2.24, 2.45) is 0 Å². The number of carbonyl (C=O) groups is 3. The predicted molar refractivity (Wildman–Crippen MR) is 92.7 cm³/mol. The zero-order chi connectivity index (χ0) is 17.5. The van der Waals surface area contributed by atoms with Crippen molar-refractivity contribution in [3.63, 3.8) is 0 Å². The van der Waals surface area contributed by atoms with Crippen LogP contribution in [0.2, 0.25) is 4.34 Å². The van der Waals surface area contributed by atoms with Crippen LogP contribution in [-0.2, 0) is 9.53 Å². The normalized spacial score (nSPS) is 11.4. The second kappa shape index (κ2) is 8.47. The van der Waals surface area contributed by atoms with Gasteiger partial charge in [0.2, 0.25) is 5.78 Å². The van der Waals surface area contributed by atoms with E-state index in [-0.39, 0.29) is 5.78 Å². The molecule has 8 heteroatoms. The maximum absolute atomic E-state index is 11.8. The number of para-hydroxylation sites is 1. The number of amides is 2. The lowest BCUT2D eigenvalue weighted by Gasteiger charge is -2.13. The van der Waals surface area contributed by atoms with Gasteiger partial charge in [0.05, 0.1) is 9.21 Å². The number of esters is 1. The second-order valence-electron chi connectivity index (χ2n) is 4.82. The zero-order valence-electron chi connectivity index (χ0n) is 12.7. The number of ketones is 1. The first-order valence-electron chi connectivity index (χ1n) is 7.03. The minimum atomic E-state index is -0.895. The number of benzene rings is 1. The van der Waals surface area contributed by atoms with E-state index in [1.54, 1.807) is 36.4 Å². The van der Waals surface area contributed by atoms with Crippen LogP contribution in [0.25, 0.3) is 0 Å². The molecule has 1 heterocycles. The highest BCUT2D eigenvalue weighted by molar-refractivity contribution is 7.18. The third-order valence-electron chi connectivity index (χ3n) is 2.93. The van der Waals surface area contributed by atoms with Gasteiger partial charge in [-0.05, 0) is 31.2 Å². The summed E-state index contributed by atoms with van der Waals surface area (Å²) in [4.78, 5) is 35.8. The number of carbonyl (C=O) groups excluding carboxylic acids is 3. The van der Waals surface area contributed by atoms with Crippen molar-refractivity contribution in [1.82, 2.24) is 5.32 Å². The van der Waals surface area contributed by atoms with Crippen molar-refractivity contribution >= 4 is 46.4 Å². The molecule has 2 amide bonds. The van der Waals surface area contributed by atoms with Gasteiger partial charge in [0, 0.05) is 5.69 Å². The second-order valence-corrected chi connectivity index (χ2v) is 6.54. The summed E-state index contributed by atoms with van der Waals surface area (Å²) in [7, 11) is 0. The first-order chi connectivity index (χ1) is 11.5. The quantitative estimate of drug-likeness (QED) is 0.606. The fourth-order valence-electron chi connectivity index (χ4n) is 1.74. The number of halogens is 1. The van der Waals surface area contributed by atoms with Crippen molar-refractivity contribution < 1.29 is 19.1 Å². The number of Topliss-reactive ketones (excluding diaryl/α,β-unsaturated/α-hetero) is 1. The van der Waals surface area contributed by atoms with Crippen LogP contribution in [-0.4, -0.2) is 30.4 Å². The molecule has 0 saturated carbocycles. The van der Waals surface area contributed by atoms with E-state index in [1.165, 1.54) is 6.92 Å². The fourth-order valence-corrected chi connectivity index (χ4v) is 2.71. The predicted octanol–water partition coefficient (Wildman–Crippen LogP) is 3.34. The summed E-state index contributed by atoms with van der Waals surface area (Å²) in [5.74, 6) is -1.05. The molecule has 0 fully saturated rings. The number of anilines is 1. The molecule has 0 radical (unpaired) electrons. The molecular formula is C16H15ClN2O4S. The lowest BCUT2D eigenvalue weighted by molar-refractivity contribution is -0.144. The van der Waals surface area contributed by atoms with Crippen LogP contribution in [0.15, 0.2) is 42.5 Å². The Kier molecular flexibility index (Phi) is 6.34. The molecule has 0 aliphatic carbocycles. The van der Waals surface area contributed by atoms with Gasteiger partial charge in [0.25, 0.3) is 0 Å². The van der Waals surface area contributed by atoms with Crippen LogP contribution in [0.5, 0.6) is 0 Å². The molecule has 2 rings (SSSR count). The standard InChI is InChI=1S/C16H15ClN2O4S/c1-10(18-16(22)19-11-5-3-2-4-6-11)15(21)23-9-12(20)13-7-8-14(17)24-13/h2-8,10H,9H2,1H3,(H2,18,19,22)/t10-/m0/s1. The van der Waals surface area contributed by atoms with E-state index < -0.39 is 24.6 Å². The Bertz CT molecular complexity index is 733. The number of ether oxygens (including phenoxy) is 1. The van der Waals surface area contributed by atoms with Gasteiger partial charge in [-0.25, -0.2) is 9.59 Å². The molecule has 0 aliphatic rings. The van der Waals surface area contributed by atoms with Crippen LogP contribution in [0.4, 0.5) is 10.5 Å². The van der Waals surface area contributed by atoms with Gasteiger partial charge in [-0.3, -0.25) is 4.79 Å². The largest absolute Gasteiger partial charge is 0.456 e. The van der Waals surface area contributed by atoms with E-state index >= 15 is 0 Å². The highest BCUT2D eigenvalue weighted by Gasteiger charge is 2.19. The Hall–Kier alpha value is -2.38. The first kappa shape index (κ1) is 18.0. The molecule has 1 aromatic carbocycles. The van der Waals surface area contributed by atoms with Crippen molar-refractivity contribution in [1.29, 1.82) is 0 Å². The highest BCUT2D eigenvalue weighted by Crippen LogP contribution is 2.21. The Morgan fingerprint density at radius 3 is 2.50 bits per heavy atom. The third-order valence-corrected chi connectivity index (χ3v) is 4.20. The third kappa shape index (κ3) is 5.36. The Morgan fingerprint density at radius 2 is 1.88 bits per heavy atom. The van der Waals surface area contributed by atoms with E-state index in [4.69, 9.17) is 16.3 Å². The first-order valence-corrected chi connectivity index (χ1v) is 8.23. The molecule has 2 N–H and O–H groups in total. The highest BCUT2D eigenvalue weighted by atomic mass is 35.5. The van der Waals surface area contributed by atoms with Gasteiger partial charge < -0.3 is 15.4 Å². The van der Waals surface area contributed by atoms with Crippen molar-refractivity contribution in [3.05, 3.63) is 51.7 Å². The molecule has 2 aromatic rings. The Morgan fingerprint density at radius 1 is 1.17 bits per heavy atom. The maximum Gasteiger partial charge on any atom is 0.328 e. The Labute approximate surface area is 147 Å². The summed E-state index contributed by atoms with van der Waals surface area (Å²) in [5, 5.41) is 5.02. The SMILES string of the molecule is C[C@H](NC(=O)Nc1ccccc1)C(=O)OCC(=O)c1ccc(Cl)s1. The number of rotatable bonds is 6. The van der Waals surface area contributed by atoms with Gasteiger partial charge in [-0.15, -0.1) is 11.3 Å². The van der Waals surface area contributed by atoms with Gasteiger partial charge in [0.1, 0.15) is 6.04 Å². The molecule has 126 valence electrons. The number of nitrogens with one attached hydrogen (secondary N) is 2. The number of hydrogen-bond acceptors (Lipinski definition) is 5. The minimum Gasteiger partial charge on any atom is -0.456 e. The smallest absolute Gasteiger partial charge is 0.328 e. The molecule has 0 spiro atoms. The number of urea groups is 1. The molecule has 0 aliphatic heterocycles. The molecule has 0 saturated heterocycles. The molecular weight excluding hydrogens is 352 g/mol. The van der Waals surface area contributed by atoms with Crippen molar-refractivity contribution in [3.8, 4) is 0 Å². The summed E-state index contributed by atoms with van der Waals surface area (Å²) < 4.78 is 5.40. The molecule has 0 bridgehead atoms. The monoisotopic (exact) mass is 366 g/mol. The number of hydrogen-bond donors (Lipinski definition) is 2. The lowest BCUT2D eigenvalue weighted by atomic mass is 10.3. The molecule has 6 nitrogen and oxygen atoms in total. The van der Waals surface area contributed by atoms with Crippen LogP contribution >= 0.6 is 22.9 Å². The summed E-state index contributed by atoms with van der Waals surface area (Å²) in [6.07, 6.45) is 0. The zero-order valence-corrected chi connectivity index (χ0v) is 14.3. The molecule has 0 unspecified atom stereocenters. The van der Waals surface area contributed by atoms with E-state index in [2.05, 4.69) is 10.6 Å². The van der Waals surface area contributed by atoms with Gasteiger partial charge in [-0.1, -0.05) is 29.8 Å². The van der Waals surface area contributed by atoms with Gasteiger partial charge in [-0.2, -0.15) is 0 Å². The fraction of sp³-hybridized carbons (Fsp3) is 0.188. The average molecular weight is 367 g/mol. The van der Waals surface area contributed by atoms with Crippen LogP contribution in [0.3, 0.4) is 0 Å². The molecule has 1 atom stereocenters. The maximum atomic E-state index is 11.8. The van der Waals surface area contributed by atoms with Gasteiger partial charge >= 0.3 is 12.0 Å². The van der Waals surface area contributed by atoms with Crippen LogP contribution in [0.1, 0.15) is 16.6 Å². The summed E-state index contributed by atoms with van der Waals surface area (Å²) in [6.45, 7) is 1.07. The number of thiophene rings is 1. The van der Waals surface area contributed by atoms with Crippen LogP contribution in [0, 0.1) is 0 Å². The van der Waals surface area contributed by atoms with Crippen molar-refractivity contribution in [2.45, 2.75) is 13.0 Å². The van der Waals surface area contributed by atoms with E-state index in [1.807, 2.05) is 6.07 Å².